The van der Waals surface area contributed by atoms with E-state index in [-0.39, 0.29) is 0 Å². The molecule has 0 N–H and O–H groups in total. The number of allylic oxidation sites excluding steroid dienone is 2. The van der Waals surface area contributed by atoms with Crippen molar-refractivity contribution in [2.45, 2.75) is 63.8 Å². The summed E-state index contributed by atoms with van der Waals surface area (Å²) in [6, 6.07) is 19.8. The number of nitrogens with zero attached hydrogens (tertiary/aromatic N) is 2. The van der Waals surface area contributed by atoms with Crippen LogP contribution < -0.4 is 0 Å². The summed E-state index contributed by atoms with van der Waals surface area (Å²) in [5.74, 6) is 0. The summed E-state index contributed by atoms with van der Waals surface area (Å²) in [7, 11) is 0. The number of benzene rings is 2. The Morgan fingerprint density at radius 3 is 2.25 bits per heavy atom. The maximum atomic E-state index is 5.07. The molecule has 0 amide bonds. The van der Waals surface area contributed by atoms with Crippen LogP contribution in [0.3, 0.4) is 0 Å². The van der Waals surface area contributed by atoms with Crippen LogP contribution >= 0.6 is 0 Å². The molecule has 0 aliphatic heterocycles. The van der Waals surface area contributed by atoms with Gasteiger partial charge in [-0.05, 0) is 44.1 Å². The first-order chi connectivity index (χ1) is 13.9. The largest absolute Gasteiger partial charge is 0.289 e. The zero-order valence-electron chi connectivity index (χ0n) is 16.7. The quantitative estimate of drug-likeness (QED) is 0.521. The predicted molar refractivity (Wildman–Crippen MR) is 120 cm³/mol. The minimum absolute atomic E-state index is 0.521. The Morgan fingerprint density at radius 2 is 1.54 bits per heavy atom. The van der Waals surface area contributed by atoms with Crippen molar-refractivity contribution in [1.82, 2.24) is 0 Å². The third kappa shape index (κ3) is 5.07. The third-order valence-electron chi connectivity index (χ3n) is 5.76. The van der Waals surface area contributed by atoms with Crippen LogP contribution in [0.4, 0.5) is 0 Å². The van der Waals surface area contributed by atoms with Gasteiger partial charge in [0.25, 0.3) is 0 Å². The first-order valence-corrected chi connectivity index (χ1v) is 10.9. The Hall–Kier alpha value is -2.48. The molecule has 0 bridgehead atoms. The van der Waals surface area contributed by atoms with E-state index in [4.69, 9.17) is 9.98 Å². The van der Waals surface area contributed by atoms with E-state index < -0.39 is 0 Å². The lowest BCUT2D eigenvalue weighted by Crippen LogP contribution is -2.09. The van der Waals surface area contributed by atoms with E-state index >= 15 is 0 Å². The van der Waals surface area contributed by atoms with E-state index in [2.05, 4.69) is 66.9 Å². The number of hydrogen-bond donors (Lipinski definition) is 0. The van der Waals surface area contributed by atoms with Crippen LogP contribution in [0.15, 0.2) is 76.4 Å². The molecule has 0 heterocycles. The normalized spacial score (nSPS) is 19.0. The van der Waals surface area contributed by atoms with Crippen molar-refractivity contribution in [3.8, 4) is 0 Å². The summed E-state index contributed by atoms with van der Waals surface area (Å²) in [6.45, 7) is 0. The van der Waals surface area contributed by atoms with Gasteiger partial charge in [0.2, 0.25) is 0 Å². The molecule has 2 aromatic carbocycles. The van der Waals surface area contributed by atoms with Crippen molar-refractivity contribution in [2.24, 2.45) is 9.98 Å². The van der Waals surface area contributed by atoms with Crippen molar-refractivity contribution in [1.29, 1.82) is 0 Å². The molecule has 2 heteroatoms. The lowest BCUT2D eigenvalue weighted by molar-refractivity contribution is 0.444. The third-order valence-corrected chi connectivity index (χ3v) is 5.76. The summed E-state index contributed by atoms with van der Waals surface area (Å²) in [5.41, 5.74) is 5.83. The van der Waals surface area contributed by atoms with Gasteiger partial charge in [0.05, 0.1) is 5.71 Å². The Balaban J connectivity index is 1.57. The second kappa shape index (κ2) is 9.64. The zero-order valence-corrected chi connectivity index (χ0v) is 16.7. The van der Waals surface area contributed by atoms with Gasteiger partial charge in [-0.1, -0.05) is 79.9 Å². The fourth-order valence-corrected chi connectivity index (χ4v) is 4.11. The lowest BCUT2D eigenvalue weighted by atomic mass is 9.96. The van der Waals surface area contributed by atoms with Crippen molar-refractivity contribution >= 4 is 11.9 Å². The molecule has 2 aliphatic rings. The van der Waals surface area contributed by atoms with Crippen LogP contribution in [-0.2, 0) is 0 Å². The average molecular weight is 371 g/mol. The monoisotopic (exact) mass is 370 g/mol. The first-order valence-electron chi connectivity index (χ1n) is 10.9. The topological polar surface area (TPSA) is 24.7 Å². The second-order valence-corrected chi connectivity index (χ2v) is 7.96. The maximum Gasteiger partial charge on any atom is 0.0777 e. The molecule has 0 radical (unpaired) electrons. The molecule has 4 rings (SSSR count). The molecular weight excluding hydrogens is 340 g/mol. The van der Waals surface area contributed by atoms with E-state index in [1.807, 2.05) is 0 Å². The Bertz CT molecular complexity index is 838. The fraction of sp³-hybridized carbons (Fsp3) is 0.385. The zero-order chi connectivity index (χ0) is 19.0. The molecule has 0 unspecified atom stereocenters. The minimum atomic E-state index is 0.521. The molecule has 2 aliphatic carbocycles. The summed E-state index contributed by atoms with van der Waals surface area (Å²) < 4.78 is 0. The molecule has 0 atom stereocenters. The molecule has 0 saturated heterocycles. The van der Waals surface area contributed by atoms with Crippen molar-refractivity contribution in [3.63, 3.8) is 0 Å². The average Bonchev–Trinajstić information content (AvgIpc) is 2.78. The number of rotatable bonds is 5. The Labute approximate surface area is 169 Å². The number of hydrogen-bond acceptors (Lipinski definition) is 2. The van der Waals surface area contributed by atoms with Gasteiger partial charge in [0.15, 0.2) is 0 Å². The SMILES string of the molecule is C(=NC1CCCCC1)c1ccc(C(=NC2=CCCCC2)c2ccccc2)cc1. The van der Waals surface area contributed by atoms with Crippen molar-refractivity contribution in [2.75, 3.05) is 0 Å². The van der Waals surface area contributed by atoms with Crippen LogP contribution in [0.25, 0.3) is 0 Å². The molecule has 28 heavy (non-hydrogen) atoms. The molecule has 1 saturated carbocycles. The fourth-order valence-electron chi connectivity index (χ4n) is 4.11. The van der Waals surface area contributed by atoms with Gasteiger partial charge in [0, 0.05) is 29.1 Å². The highest BCUT2D eigenvalue weighted by Gasteiger charge is 2.12. The van der Waals surface area contributed by atoms with Gasteiger partial charge in [-0.25, -0.2) is 0 Å². The predicted octanol–water partition coefficient (Wildman–Crippen LogP) is 6.73. The van der Waals surface area contributed by atoms with E-state index in [1.54, 1.807) is 0 Å². The molecule has 2 nitrogen and oxygen atoms in total. The summed E-state index contributed by atoms with van der Waals surface area (Å²) in [5, 5.41) is 0. The van der Waals surface area contributed by atoms with Crippen LogP contribution in [0.1, 0.15) is 74.5 Å². The maximum absolute atomic E-state index is 5.07. The summed E-state index contributed by atoms with van der Waals surface area (Å²) in [4.78, 5) is 9.88. The van der Waals surface area contributed by atoms with Crippen LogP contribution in [0.2, 0.25) is 0 Å². The smallest absolute Gasteiger partial charge is 0.0777 e. The van der Waals surface area contributed by atoms with Gasteiger partial charge in [0.1, 0.15) is 0 Å². The van der Waals surface area contributed by atoms with Crippen LogP contribution in [-0.4, -0.2) is 18.0 Å². The molecule has 0 spiro atoms. The molecular formula is C26H30N2. The Morgan fingerprint density at radius 1 is 0.786 bits per heavy atom. The van der Waals surface area contributed by atoms with Gasteiger partial charge >= 0.3 is 0 Å². The van der Waals surface area contributed by atoms with Crippen molar-refractivity contribution < 1.29 is 0 Å². The standard InChI is InChI=1S/C26H30N2/c1-4-10-22(11-5-1)26(28-25-14-8-3-9-15-25)23-18-16-21(17-19-23)20-27-24-12-6-2-7-13-24/h1,4-5,10-11,14,16-20,24H,2-3,6-9,12-13,15H2. The van der Waals surface area contributed by atoms with E-state index in [9.17, 15) is 0 Å². The first kappa shape index (κ1) is 18.9. The van der Waals surface area contributed by atoms with Gasteiger partial charge < -0.3 is 0 Å². The lowest BCUT2D eigenvalue weighted by Gasteiger charge is -2.17. The molecule has 0 aromatic heterocycles. The minimum Gasteiger partial charge on any atom is -0.289 e. The summed E-state index contributed by atoms with van der Waals surface area (Å²) >= 11 is 0. The molecule has 144 valence electrons. The highest BCUT2D eigenvalue weighted by Crippen LogP contribution is 2.22. The van der Waals surface area contributed by atoms with Crippen LogP contribution in [0.5, 0.6) is 0 Å². The second-order valence-electron chi connectivity index (χ2n) is 7.96. The van der Waals surface area contributed by atoms with Gasteiger partial charge in [-0.2, -0.15) is 0 Å². The highest BCUT2D eigenvalue weighted by atomic mass is 14.8. The van der Waals surface area contributed by atoms with E-state index in [1.165, 1.54) is 67.3 Å². The van der Waals surface area contributed by atoms with Gasteiger partial charge in [-0.15, -0.1) is 0 Å². The summed E-state index contributed by atoms with van der Waals surface area (Å²) in [6.07, 6.45) is 15.6. The van der Waals surface area contributed by atoms with Gasteiger partial charge in [-0.3, -0.25) is 9.98 Å². The molecule has 2 aromatic rings. The van der Waals surface area contributed by atoms with E-state index in [0.717, 1.165) is 18.6 Å². The number of aliphatic imine (C=N–C) groups is 2. The Kier molecular flexibility index (Phi) is 6.49. The van der Waals surface area contributed by atoms with Crippen molar-refractivity contribution in [3.05, 3.63) is 83.1 Å². The van der Waals surface area contributed by atoms with E-state index in [0.29, 0.717) is 6.04 Å². The molecule has 1 fully saturated rings. The van der Waals surface area contributed by atoms with Crippen LogP contribution in [0, 0.1) is 0 Å². The highest BCUT2D eigenvalue weighted by molar-refractivity contribution is 6.13.